The molecule has 0 atom stereocenters. The molecule has 2 rings (SSSR count). The Morgan fingerprint density at radius 2 is 2.36 bits per heavy atom. The lowest BCUT2D eigenvalue weighted by atomic mass is 10.3. The summed E-state index contributed by atoms with van der Waals surface area (Å²) in [4.78, 5) is 0. The van der Waals surface area contributed by atoms with Crippen LogP contribution in [0.3, 0.4) is 0 Å². The first-order valence-electron chi connectivity index (χ1n) is 4.22. The zero-order valence-corrected chi connectivity index (χ0v) is 9.26. The van der Waals surface area contributed by atoms with Gasteiger partial charge in [-0.1, -0.05) is 0 Å². The van der Waals surface area contributed by atoms with E-state index >= 15 is 0 Å². The van der Waals surface area contributed by atoms with Crippen LogP contribution in [0.5, 0.6) is 0 Å². The van der Waals surface area contributed by atoms with Gasteiger partial charge in [0.05, 0.1) is 10.2 Å². The zero-order chi connectivity index (χ0) is 10.1. The third kappa shape index (κ3) is 1.49. The summed E-state index contributed by atoms with van der Waals surface area (Å²) < 4.78 is 6.32. The lowest BCUT2D eigenvalue weighted by molar-refractivity contribution is 0.546. The predicted molar refractivity (Wildman–Crippen MR) is 56.6 cm³/mol. The number of hydrogen-bond acceptors (Lipinski definition) is 3. The highest BCUT2D eigenvalue weighted by molar-refractivity contribution is 9.10. The van der Waals surface area contributed by atoms with E-state index in [4.69, 9.17) is 10.2 Å². The van der Waals surface area contributed by atoms with Gasteiger partial charge in [0.1, 0.15) is 11.5 Å². The second kappa shape index (κ2) is 3.59. The number of H-pyrrole nitrogens is 1. The summed E-state index contributed by atoms with van der Waals surface area (Å²) in [6.07, 6.45) is 0. The van der Waals surface area contributed by atoms with Gasteiger partial charge in [0.25, 0.3) is 0 Å². The maximum atomic E-state index is 5.52. The SMILES string of the molecule is Cc1ccc(-c2n[nH]c(CN)c2Br)o1. The molecule has 5 heteroatoms. The molecule has 3 N–H and O–H groups in total. The lowest BCUT2D eigenvalue weighted by Gasteiger charge is -1.92. The molecule has 0 bridgehead atoms. The minimum atomic E-state index is 0.424. The van der Waals surface area contributed by atoms with E-state index in [2.05, 4.69) is 26.1 Å². The van der Waals surface area contributed by atoms with Crippen molar-refractivity contribution in [2.24, 2.45) is 5.73 Å². The van der Waals surface area contributed by atoms with Crippen LogP contribution in [0, 0.1) is 6.92 Å². The van der Waals surface area contributed by atoms with E-state index in [0.717, 1.165) is 27.4 Å². The number of hydrogen-bond donors (Lipinski definition) is 2. The monoisotopic (exact) mass is 255 g/mol. The zero-order valence-electron chi connectivity index (χ0n) is 7.67. The van der Waals surface area contributed by atoms with E-state index in [1.165, 1.54) is 0 Å². The summed E-state index contributed by atoms with van der Waals surface area (Å²) >= 11 is 3.42. The van der Waals surface area contributed by atoms with Gasteiger partial charge in [-0.15, -0.1) is 0 Å². The number of nitrogens with zero attached hydrogens (tertiary/aromatic N) is 1. The number of aromatic nitrogens is 2. The molecule has 2 heterocycles. The van der Waals surface area contributed by atoms with Crippen LogP contribution in [-0.2, 0) is 6.54 Å². The molecule has 14 heavy (non-hydrogen) atoms. The Morgan fingerprint density at radius 3 is 2.86 bits per heavy atom. The summed E-state index contributed by atoms with van der Waals surface area (Å²) in [6.45, 7) is 2.32. The molecule has 4 nitrogen and oxygen atoms in total. The molecule has 74 valence electrons. The number of halogens is 1. The third-order valence-corrected chi connectivity index (χ3v) is 2.81. The Kier molecular flexibility index (Phi) is 2.43. The fourth-order valence-corrected chi connectivity index (χ4v) is 1.76. The van der Waals surface area contributed by atoms with Crippen molar-refractivity contribution in [3.63, 3.8) is 0 Å². The van der Waals surface area contributed by atoms with Gasteiger partial charge in [0.2, 0.25) is 0 Å². The summed E-state index contributed by atoms with van der Waals surface area (Å²) in [6, 6.07) is 3.79. The highest BCUT2D eigenvalue weighted by Gasteiger charge is 2.13. The minimum absolute atomic E-state index is 0.424. The van der Waals surface area contributed by atoms with Crippen molar-refractivity contribution in [2.75, 3.05) is 0 Å². The Hall–Kier alpha value is -1.07. The Morgan fingerprint density at radius 1 is 1.57 bits per heavy atom. The molecule has 0 radical (unpaired) electrons. The molecular formula is C9H10BrN3O. The summed E-state index contributed by atoms with van der Waals surface area (Å²) in [7, 11) is 0. The van der Waals surface area contributed by atoms with Crippen LogP contribution in [0.25, 0.3) is 11.5 Å². The van der Waals surface area contributed by atoms with E-state index in [0.29, 0.717) is 6.54 Å². The molecule has 0 aliphatic heterocycles. The summed E-state index contributed by atoms with van der Waals surface area (Å²) in [5.41, 5.74) is 7.15. The van der Waals surface area contributed by atoms with Gasteiger partial charge >= 0.3 is 0 Å². The van der Waals surface area contributed by atoms with E-state index in [-0.39, 0.29) is 0 Å². The van der Waals surface area contributed by atoms with Gasteiger partial charge < -0.3 is 10.2 Å². The van der Waals surface area contributed by atoms with E-state index < -0.39 is 0 Å². The van der Waals surface area contributed by atoms with Crippen molar-refractivity contribution in [1.82, 2.24) is 10.2 Å². The lowest BCUT2D eigenvalue weighted by Crippen LogP contribution is -1.96. The first-order valence-corrected chi connectivity index (χ1v) is 5.01. The number of rotatable bonds is 2. The van der Waals surface area contributed by atoms with E-state index in [1.807, 2.05) is 19.1 Å². The Bertz CT molecular complexity index is 447. The number of nitrogens with one attached hydrogen (secondary N) is 1. The van der Waals surface area contributed by atoms with E-state index in [9.17, 15) is 0 Å². The van der Waals surface area contributed by atoms with Gasteiger partial charge in [0.15, 0.2) is 5.76 Å². The molecule has 0 saturated heterocycles. The maximum Gasteiger partial charge on any atom is 0.155 e. The average molecular weight is 256 g/mol. The van der Waals surface area contributed by atoms with Gasteiger partial charge in [-0.2, -0.15) is 5.10 Å². The fourth-order valence-electron chi connectivity index (χ4n) is 1.22. The molecule has 0 aliphatic rings. The standard InChI is InChI=1S/C9H10BrN3O/c1-5-2-3-7(14-5)9-8(10)6(4-11)12-13-9/h2-3H,4,11H2,1H3,(H,12,13). The molecular weight excluding hydrogens is 246 g/mol. The molecule has 0 unspecified atom stereocenters. The van der Waals surface area contributed by atoms with Crippen LogP contribution in [0.2, 0.25) is 0 Å². The second-order valence-electron chi connectivity index (χ2n) is 2.98. The highest BCUT2D eigenvalue weighted by Crippen LogP contribution is 2.29. The second-order valence-corrected chi connectivity index (χ2v) is 3.77. The highest BCUT2D eigenvalue weighted by atomic mass is 79.9. The Balaban J connectivity index is 2.46. The molecule has 2 aromatic heterocycles. The molecule has 0 amide bonds. The average Bonchev–Trinajstić information content (AvgIpc) is 2.72. The van der Waals surface area contributed by atoms with Crippen molar-refractivity contribution in [3.8, 4) is 11.5 Å². The van der Waals surface area contributed by atoms with Crippen LogP contribution < -0.4 is 5.73 Å². The molecule has 0 aliphatic carbocycles. The molecule has 0 fully saturated rings. The first kappa shape index (κ1) is 9.48. The summed E-state index contributed by atoms with van der Waals surface area (Å²) in [5, 5.41) is 6.97. The van der Waals surface area contributed by atoms with Gasteiger partial charge in [-0.25, -0.2) is 0 Å². The first-order chi connectivity index (χ1) is 6.72. The van der Waals surface area contributed by atoms with Gasteiger partial charge in [-0.05, 0) is 35.0 Å². The smallest absolute Gasteiger partial charge is 0.155 e. The number of furan rings is 1. The van der Waals surface area contributed by atoms with E-state index in [1.54, 1.807) is 0 Å². The van der Waals surface area contributed by atoms with Crippen molar-refractivity contribution < 1.29 is 4.42 Å². The van der Waals surface area contributed by atoms with Crippen LogP contribution in [0.15, 0.2) is 21.0 Å². The Labute approximate surface area is 89.6 Å². The molecule has 0 spiro atoms. The molecule has 0 saturated carbocycles. The predicted octanol–water partition coefficient (Wildman–Crippen LogP) is 2.20. The van der Waals surface area contributed by atoms with Crippen LogP contribution in [-0.4, -0.2) is 10.2 Å². The van der Waals surface area contributed by atoms with Crippen molar-refractivity contribution in [1.29, 1.82) is 0 Å². The van der Waals surface area contributed by atoms with Crippen molar-refractivity contribution in [3.05, 3.63) is 28.1 Å². The van der Waals surface area contributed by atoms with Gasteiger partial charge in [-0.3, -0.25) is 5.10 Å². The third-order valence-electron chi connectivity index (χ3n) is 1.95. The largest absolute Gasteiger partial charge is 0.460 e. The topological polar surface area (TPSA) is 67.8 Å². The number of nitrogens with two attached hydrogens (primary N) is 1. The van der Waals surface area contributed by atoms with Crippen LogP contribution in [0.4, 0.5) is 0 Å². The fraction of sp³-hybridized carbons (Fsp3) is 0.222. The maximum absolute atomic E-state index is 5.52. The summed E-state index contributed by atoms with van der Waals surface area (Å²) in [5.74, 6) is 1.61. The van der Waals surface area contributed by atoms with Gasteiger partial charge in [0, 0.05) is 6.54 Å². The van der Waals surface area contributed by atoms with Crippen molar-refractivity contribution in [2.45, 2.75) is 13.5 Å². The molecule has 2 aromatic rings. The quantitative estimate of drug-likeness (QED) is 0.865. The molecule has 0 aromatic carbocycles. The normalized spacial score (nSPS) is 10.8. The van der Waals surface area contributed by atoms with Crippen molar-refractivity contribution >= 4 is 15.9 Å². The minimum Gasteiger partial charge on any atom is -0.460 e. The van der Waals surface area contributed by atoms with Crippen LogP contribution in [0.1, 0.15) is 11.5 Å². The number of aromatic amines is 1. The van der Waals surface area contributed by atoms with Crippen LogP contribution >= 0.6 is 15.9 Å². The number of aryl methyl sites for hydroxylation is 1.